The summed E-state index contributed by atoms with van der Waals surface area (Å²) in [7, 11) is 6.00. The van der Waals surface area contributed by atoms with Crippen LogP contribution in [0.4, 0.5) is 0 Å². The predicted octanol–water partition coefficient (Wildman–Crippen LogP) is 0.252. The van der Waals surface area contributed by atoms with Crippen molar-refractivity contribution in [3.8, 4) is 0 Å². The van der Waals surface area contributed by atoms with Gasteiger partial charge in [0.15, 0.2) is 0 Å². The summed E-state index contributed by atoms with van der Waals surface area (Å²) < 4.78 is 0. The fraction of sp³-hybridized carbons (Fsp3) is 1.00. The molecule has 0 saturated carbocycles. The zero-order valence-electron chi connectivity index (χ0n) is 8.14. The van der Waals surface area contributed by atoms with Gasteiger partial charge in [0.05, 0.1) is 0 Å². The van der Waals surface area contributed by atoms with Crippen LogP contribution in [0.3, 0.4) is 0 Å². The Hall–Kier alpha value is -0.120. The van der Waals surface area contributed by atoms with Gasteiger partial charge in [0, 0.05) is 0 Å². The van der Waals surface area contributed by atoms with Crippen molar-refractivity contribution in [3.63, 3.8) is 0 Å². The zero-order chi connectivity index (χ0) is 9.11. The molecular formula is C8H23N3. The molecule has 0 spiro atoms. The molecule has 4 N–H and O–H groups in total. The van der Waals surface area contributed by atoms with Crippen LogP contribution in [0.5, 0.6) is 0 Å². The van der Waals surface area contributed by atoms with E-state index in [0.29, 0.717) is 0 Å². The lowest BCUT2D eigenvalue weighted by Gasteiger charge is -1.91. The van der Waals surface area contributed by atoms with Crippen molar-refractivity contribution in [2.24, 2.45) is 11.5 Å². The summed E-state index contributed by atoms with van der Waals surface area (Å²) in [6.07, 6.45) is 3.43. The van der Waals surface area contributed by atoms with E-state index in [-0.39, 0.29) is 0 Å². The highest BCUT2D eigenvalue weighted by molar-refractivity contribution is 4.41. The minimum absolute atomic E-state index is 0.806. The van der Waals surface area contributed by atoms with Gasteiger partial charge >= 0.3 is 0 Å². The lowest BCUT2D eigenvalue weighted by atomic mass is 10.2. The number of hydrogen-bond acceptors (Lipinski definition) is 3. The van der Waals surface area contributed by atoms with Gasteiger partial charge in [-0.25, -0.2) is 0 Å². The molecule has 0 atom stereocenters. The van der Waals surface area contributed by atoms with Gasteiger partial charge in [-0.2, -0.15) is 0 Å². The quantitative estimate of drug-likeness (QED) is 0.581. The molecular weight excluding hydrogens is 138 g/mol. The molecule has 0 heterocycles. The second-order valence-electron chi connectivity index (χ2n) is 2.98. The normalized spacial score (nSPS) is 9.27. The maximum atomic E-state index is 5.23. The molecule has 0 aliphatic heterocycles. The van der Waals surface area contributed by atoms with Crippen LogP contribution in [0.1, 0.15) is 19.3 Å². The highest BCUT2D eigenvalue weighted by Crippen LogP contribution is 1.88. The van der Waals surface area contributed by atoms with Crippen molar-refractivity contribution in [3.05, 3.63) is 0 Å². The standard InChI is InChI=1S/C5H14N2.C3H9N/c6-4-2-1-3-5-7;1-4(2)3/h1-7H2;1-3H3. The smallest absolute Gasteiger partial charge is 0.00773 e. The first-order valence-corrected chi connectivity index (χ1v) is 4.16. The van der Waals surface area contributed by atoms with Crippen LogP contribution in [0.15, 0.2) is 0 Å². The SMILES string of the molecule is CN(C)C.NCCCCCN. The van der Waals surface area contributed by atoms with E-state index in [9.17, 15) is 0 Å². The molecule has 0 fully saturated rings. The Balaban J connectivity index is 0. The molecule has 0 radical (unpaired) electrons. The van der Waals surface area contributed by atoms with Crippen molar-refractivity contribution in [2.75, 3.05) is 34.2 Å². The Labute approximate surface area is 70.7 Å². The minimum atomic E-state index is 0.806. The van der Waals surface area contributed by atoms with Crippen LogP contribution in [0.25, 0.3) is 0 Å². The number of hydrogen-bond donors (Lipinski definition) is 2. The van der Waals surface area contributed by atoms with Crippen LogP contribution in [0.2, 0.25) is 0 Å². The molecule has 70 valence electrons. The van der Waals surface area contributed by atoms with E-state index in [1.54, 1.807) is 0 Å². The van der Waals surface area contributed by atoms with Crippen molar-refractivity contribution < 1.29 is 0 Å². The molecule has 0 aliphatic carbocycles. The van der Waals surface area contributed by atoms with Gasteiger partial charge < -0.3 is 16.4 Å². The lowest BCUT2D eigenvalue weighted by molar-refractivity contribution is 0.505. The largest absolute Gasteiger partial charge is 0.330 e. The Bertz CT molecular complexity index is 48.5. The molecule has 0 amide bonds. The van der Waals surface area contributed by atoms with E-state index >= 15 is 0 Å². The Morgan fingerprint density at radius 1 is 0.818 bits per heavy atom. The predicted molar refractivity (Wildman–Crippen MR) is 51.6 cm³/mol. The first-order chi connectivity index (χ1) is 5.15. The Morgan fingerprint density at radius 2 is 1.09 bits per heavy atom. The molecule has 11 heavy (non-hydrogen) atoms. The maximum absolute atomic E-state index is 5.23. The summed E-state index contributed by atoms with van der Waals surface area (Å²) >= 11 is 0. The first kappa shape index (κ1) is 13.5. The van der Waals surface area contributed by atoms with Gasteiger partial charge in [0.25, 0.3) is 0 Å². The van der Waals surface area contributed by atoms with Gasteiger partial charge in [-0.1, -0.05) is 6.42 Å². The van der Waals surface area contributed by atoms with E-state index in [2.05, 4.69) is 0 Å². The highest BCUT2D eigenvalue weighted by atomic mass is 15.0. The zero-order valence-corrected chi connectivity index (χ0v) is 8.14. The maximum Gasteiger partial charge on any atom is -0.00773 e. The molecule has 0 aromatic heterocycles. The third-order valence-corrected chi connectivity index (χ3v) is 0.908. The summed E-state index contributed by atoms with van der Waals surface area (Å²) in [5.74, 6) is 0. The van der Waals surface area contributed by atoms with Gasteiger partial charge in [-0.05, 0) is 47.1 Å². The lowest BCUT2D eigenvalue weighted by Crippen LogP contribution is -2.02. The fourth-order valence-corrected chi connectivity index (χ4v) is 0.465. The third kappa shape index (κ3) is 40.8. The topological polar surface area (TPSA) is 55.3 Å². The summed E-state index contributed by atoms with van der Waals surface area (Å²) in [6, 6.07) is 0. The second-order valence-corrected chi connectivity index (χ2v) is 2.98. The summed E-state index contributed by atoms with van der Waals surface area (Å²) in [4.78, 5) is 2.00. The molecule has 0 rings (SSSR count). The van der Waals surface area contributed by atoms with E-state index < -0.39 is 0 Å². The molecule has 3 nitrogen and oxygen atoms in total. The van der Waals surface area contributed by atoms with E-state index in [1.807, 2.05) is 26.0 Å². The summed E-state index contributed by atoms with van der Waals surface area (Å²) in [6.45, 7) is 1.61. The van der Waals surface area contributed by atoms with Crippen LogP contribution in [-0.2, 0) is 0 Å². The van der Waals surface area contributed by atoms with E-state index in [1.165, 1.54) is 6.42 Å². The Kier molecular flexibility index (Phi) is 15.4. The third-order valence-electron chi connectivity index (χ3n) is 0.908. The number of nitrogens with two attached hydrogens (primary N) is 2. The van der Waals surface area contributed by atoms with Gasteiger partial charge in [0.2, 0.25) is 0 Å². The number of nitrogens with zero attached hydrogens (tertiary/aromatic N) is 1. The van der Waals surface area contributed by atoms with Gasteiger partial charge in [-0.15, -0.1) is 0 Å². The molecule has 0 aliphatic rings. The van der Waals surface area contributed by atoms with Crippen LogP contribution in [0, 0.1) is 0 Å². The molecule has 3 heteroatoms. The van der Waals surface area contributed by atoms with Crippen molar-refractivity contribution in [1.29, 1.82) is 0 Å². The fourth-order valence-electron chi connectivity index (χ4n) is 0.465. The van der Waals surface area contributed by atoms with Gasteiger partial charge in [-0.3, -0.25) is 0 Å². The minimum Gasteiger partial charge on any atom is -0.330 e. The van der Waals surface area contributed by atoms with Crippen LogP contribution >= 0.6 is 0 Å². The van der Waals surface area contributed by atoms with E-state index in [4.69, 9.17) is 11.5 Å². The molecule has 0 aromatic rings. The van der Waals surface area contributed by atoms with Gasteiger partial charge in [0.1, 0.15) is 0 Å². The van der Waals surface area contributed by atoms with Crippen molar-refractivity contribution >= 4 is 0 Å². The Morgan fingerprint density at radius 3 is 1.27 bits per heavy atom. The number of unbranched alkanes of at least 4 members (excludes halogenated alkanes) is 2. The molecule has 0 unspecified atom stereocenters. The summed E-state index contributed by atoms with van der Waals surface area (Å²) in [5, 5.41) is 0. The van der Waals surface area contributed by atoms with Crippen LogP contribution in [-0.4, -0.2) is 39.1 Å². The molecule has 0 saturated heterocycles. The second kappa shape index (κ2) is 12.5. The summed E-state index contributed by atoms with van der Waals surface area (Å²) in [5.41, 5.74) is 10.5. The molecule has 0 bridgehead atoms. The average molecular weight is 161 g/mol. The first-order valence-electron chi connectivity index (χ1n) is 4.16. The van der Waals surface area contributed by atoms with Crippen LogP contribution < -0.4 is 11.5 Å². The van der Waals surface area contributed by atoms with Crippen molar-refractivity contribution in [2.45, 2.75) is 19.3 Å². The van der Waals surface area contributed by atoms with E-state index in [0.717, 1.165) is 25.9 Å². The monoisotopic (exact) mass is 161 g/mol. The molecule has 0 aromatic carbocycles. The number of rotatable bonds is 4. The highest BCUT2D eigenvalue weighted by Gasteiger charge is 1.80. The van der Waals surface area contributed by atoms with Crippen molar-refractivity contribution in [1.82, 2.24) is 4.90 Å². The average Bonchev–Trinajstić information content (AvgIpc) is 1.88.